The first-order chi connectivity index (χ1) is 15.7. The smallest absolute Gasteiger partial charge is 0.264 e. The lowest BCUT2D eigenvalue weighted by Gasteiger charge is -2.26. The average Bonchev–Trinajstić information content (AvgIpc) is 3.44. The van der Waals surface area contributed by atoms with E-state index >= 15 is 0 Å². The molecule has 2 heterocycles. The van der Waals surface area contributed by atoms with Gasteiger partial charge in [0.15, 0.2) is 0 Å². The van der Waals surface area contributed by atoms with Crippen molar-refractivity contribution in [3.63, 3.8) is 0 Å². The summed E-state index contributed by atoms with van der Waals surface area (Å²) in [6.07, 6.45) is 3.64. The summed E-state index contributed by atoms with van der Waals surface area (Å²) in [7, 11) is -3.75. The Kier molecular flexibility index (Phi) is 6.47. The number of aryl methyl sites for hydroxylation is 1. The van der Waals surface area contributed by atoms with Crippen molar-refractivity contribution in [3.05, 3.63) is 54.2 Å². The highest BCUT2D eigenvalue weighted by atomic mass is 32.2. The first-order valence-corrected chi connectivity index (χ1v) is 13.0. The zero-order valence-electron chi connectivity index (χ0n) is 19.7. The van der Waals surface area contributed by atoms with E-state index in [4.69, 9.17) is 0 Å². The van der Waals surface area contributed by atoms with Crippen molar-refractivity contribution in [3.8, 4) is 0 Å². The van der Waals surface area contributed by atoms with E-state index in [0.717, 1.165) is 30.3 Å². The second-order valence-corrected chi connectivity index (χ2v) is 11.0. The highest BCUT2D eigenvalue weighted by Crippen LogP contribution is 2.29. The molecule has 1 unspecified atom stereocenters. The number of aromatic nitrogens is 2. The standard InChI is InChI=1S/C25H32N4O3S/c1-5-20-6-8-22(9-7-20)29(15-18(2)3)33(31,32)24-10-11-25-21(14-24)16-28(26-25)23-12-13-27(17-23)19(4)30/h6-11,14,16,18,23H,5,12-13,15,17H2,1-4H3. The van der Waals surface area contributed by atoms with Gasteiger partial charge >= 0.3 is 0 Å². The number of amides is 1. The Morgan fingerprint density at radius 3 is 2.52 bits per heavy atom. The summed E-state index contributed by atoms with van der Waals surface area (Å²) in [6.45, 7) is 9.44. The highest BCUT2D eigenvalue weighted by molar-refractivity contribution is 7.92. The predicted molar refractivity (Wildman–Crippen MR) is 131 cm³/mol. The highest BCUT2D eigenvalue weighted by Gasteiger charge is 2.28. The first kappa shape index (κ1) is 23.3. The van der Waals surface area contributed by atoms with Gasteiger partial charge in [0, 0.05) is 38.1 Å². The number of fused-ring (bicyclic) bond motifs is 1. The van der Waals surface area contributed by atoms with Crippen LogP contribution in [0.1, 0.15) is 45.7 Å². The molecule has 1 fully saturated rings. The van der Waals surface area contributed by atoms with Crippen molar-refractivity contribution >= 4 is 32.5 Å². The molecular weight excluding hydrogens is 436 g/mol. The number of carbonyl (C=O) groups excluding carboxylic acids is 1. The van der Waals surface area contributed by atoms with Crippen molar-refractivity contribution < 1.29 is 13.2 Å². The van der Waals surface area contributed by atoms with Crippen LogP contribution in [-0.4, -0.2) is 48.6 Å². The number of anilines is 1. The molecule has 1 atom stereocenters. The number of sulfonamides is 1. The number of hydrogen-bond donors (Lipinski definition) is 0. The van der Waals surface area contributed by atoms with E-state index in [1.165, 1.54) is 9.87 Å². The van der Waals surface area contributed by atoms with Crippen LogP contribution in [0.5, 0.6) is 0 Å². The number of benzene rings is 2. The van der Waals surface area contributed by atoms with E-state index in [-0.39, 0.29) is 22.8 Å². The summed E-state index contributed by atoms with van der Waals surface area (Å²) < 4.78 is 30.8. The van der Waals surface area contributed by atoms with Crippen LogP contribution >= 0.6 is 0 Å². The Morgan fingerprint density at radius 2 is 1.91 bits per heavy atom. The molecule has 0 saturated carbocycles. The van der Waals surface area contributed by atoms with E-state index < -0.39 is 10.0 Å². The maximum atomic E-state index is 13.7. The fourth-order valence-electron chi connectivity index (χ4n) is 4.31. The van der Waals surface area contributed by atoms with Crippen LogP contribution in [0.25, 0.3) is 10.9 Å². The molecule has 176 valence electrons. The SMILES string of the molecule is CCc1ccc(N(CC(C)C)S(=O)(=O)c2ccc3nn(C4CCN(C(C)=O)C4)cc3c2)cc1. The summed E-state index contributed by atoms with van der Waals surface area (Å²) in [4.78, 5) is 13.7. The second kappa shape index (κ2) is 9.17. The summed E-state index contributed by atoms with van der Waals surface area (Å²) in [5.74, 6) is 0.239. The van der Waals surface area contributed by atoms with E-state index in [1.807, 2.05) is 53.9 Å². The minimum Gasteiger partial charge on any atom is -0.341 e. The lowest BCUT2D eigenvalue weighted by molar-refractivity contribution is -0.127. The van der Waals surface area contributed by atoms with Crippen LogP contribution in [0, 0.1) is 5.92 Å². The predicted octanol–water partition coefficient (Wildman–Crippen LogP) is 4.24. The molecule has 0 N–H and O–H groups in total. The monoisotopic (exact) mass is 468 g/mol. The van der Waals surface area contributed by atoms with Gasteiger partial charge in [-0.15, -0.1) is 0 Å². The van der Waals surface area contributed by atoms with Gasteiger partial charge in [-0.3, -0.25) is 13.8 Å². The summed E-state index contributed by atoms with van der Waals surface area (Å²) in [6, 6.07) is 13.0. The van der Waals surface area contributed by atoms with E-state index in [1.54, 1.807) is 25.1 Å². The Morgan fingerprint density at radius 1 is 1.18 bits per heavy atom. The fraction of sp³-hybridized carbons (Fsp3) is 0.440. The van der Waals surface area contributed by atoms with Gasteiger partial charge in [0.1, 0.15) is 0 Å². The number of likely N-dealkylation sites (tertiary alicyclic amines) is 1. The Hall–Kier alpha value is -2.87. The Balaban J connectivity index is 1.67. The van der Waals surface area contributed by atoms with Gasteiger partial charge in [0.2, 0.25) is 5.91 Å². The number of hydrogen-bond acceptors (Lipinski definition) is 4. The molecule has 33 heavy (non-hydrogen) atoms. The molecule has 3 aromatic rings. The van der Waals surface area contributed by atoms with Crippen molar-refractivity contribution in [2.24, 2.45) is 5.92 Å². The largest absolute Gasteiger partial charge is 0.341 e. The van der Waals surface area contributed by atoms with Crippen molar-refractivity contribution in [2.75, 3.05) is 23.9 Å². The van der Waals surface area contributed by atoms with Gasteiger partial charge in [-0.2, -0.15) is 5.10 Å². The number of carbonyl (C=O) groups is 1. The van der Waals surface area contributed by atoms with Crippen LogP contribution in [0.2, 0.25) is 0 Å². The lowest BCUT2D eigenvalue weighted by Crippen LogP contribution is -2.34. The molecule has 0 bridgehead atoms. The molecule has 1 saturated heterocycles. The molecular formula is C25H32N4O3S. The average molecular weight is 469 g/mol. The number of rotatable bonds is 7. The van der Waals surface area contributed by atoms with E-state index in [9.17, 15) is 13.2 Å². The maximum absolute atomic E-state index is 13.7. The fourth-order valence-corrected chi connectivity index (χ4v) is 5.98. The van der Waals surface area contributed by atoms with Gasteiger partial charge in [0.05, 0.1) is 22.1 Å². The van der Waals surface area contributed by atoms with Crippen LogP contribution in [-0.2, 0) is 21.2 Å². The third-order valence-corrected chi connectivity index (χ3v) is 8.02. The zero-order valence-corrected chi connectivity index (χ0v) is 20.5. The van der Waals surface area contributed by atoms with E-state index in [2.05, 4.69) is 12.0 Å². The van der Waals surface area contributed by atoms with Crippen LogP contribution in [0.4, 0.5) is 5.69 Å². The summed E-state index contributed by atoms with van der Waals surface area (Å²) >= 11 is 0. The summed E-state index contributed by atoms with van der Waals surface area (Å²) in [5.41, 5.74) is 2.59. The van der Waals surface area contributed by atoms with Gasteiger partial charge in [-0.05, 0) is 54.7 Å². The van der Waals surface area contributed by atoms with Gasteiger partial charge in [-0.25, -0.2) is 8.42 Å². The molecule has 1 amide bonds. The third-order valence-electron chi connectivity index (χ3n) is 6.23. The third kappa shape index (κ3) is 4.76. The molecule has 1 aromatic heterocycles. The molecule has 7 nitrogen and oxygen atoms in total. The molecule has 4 rings (SSSR count). The van der Waals surface area contributed by atoms with Crippen LogP contribution in [0.15, 0.2) is 53.6 Å². The molecule has 0 aliphatic carbocycles. The van der Waals surface area contributed by atoms with Crippen molar-refractivity contribution in [2.45, 2.75) is 51.5 Å². The number of nitrogens with zero attached hydrogens (tertiary/aromatic N) is 4. The molecule has 1 aliphatic heterocycles. The molecule has 2 aromatic carbocycles. The molecule has 0 radical (unpaired) electrons. The second-order valence-electron chi connectivity index (χ2n) is 9.19. The first-order valence-electron chi connectivity index (χ1n) is 11.5. The van der Waals surface area contributed by atoms with Crippen molar-refractivity contribution in [1.29, 1.82) is 0 Å². The normalized spacial score (nSPS) is 16.6. The Bertz CT molecular complexity index is 1250. The minimum absolute atomic E-state index is 0.0693. The maximum Gasteiger partial charge on any atom is 0.264 e. The lowest BCUT2D eigenvalue weighted by atomic mass is 10.1. The quantitative estimate of drug-likeness (QED) is 0.520. The zero-order chi connectivity index (χ0) is 23.8. The Labute approximate surface area is 196 Å². The minimum atomic E-state index is -3.75. The molecule has 1 aliphatic rings. The van der Waals surface area contributed by atoms with Gasteiger partial charge in [-0.1, -0.05) is 32.9 Å². The van der Waals surface area contributed by atoms with Crippen molar-refractivity contribution in [1.82, 2.24) is 14.7 Å². The summed E-state index contributed by atoms with van der Waals surface area (Å²) in [5, 5.41) is 5.43. The van der Waals surface area contributed by atoms with Gasteiger partial charge < -0.3 is 4.90 Å². The topological polar surface area (TPSA) is 75.5 Å². The molecule has 0 spiro atoms. The van der Waals surface area contributed by atoms with Crippen LogP contribution < -0.4 is 4.31 Å². The van der Waals surface area contributed by atoms with E-state index in [0.29, 0.717) is 18.8 Å². The molecule has 8 heteroatoms. The van der Waals surface area contributed by atoms with Gasteiger partial charge in [0.25, 0.3) is 10.0 Å². The van der Waals surface area contributed by atoms with Crippen LogP contribution in [0.3, 0.4) is 0 Å².